The van der Waals surface area contributed by atoms with Crippen molar-refractivity contribution in [2.45, 2.75) is 11.7 Å². The SMILES string of the molecule is NC1=CC(N)([N+](=O)[O-])C([N+](=O)[O-])=C(N)C1[N+](=O)[O-]. The predicted octanol–water partition coefficient (Wildman–Crippen LogP) is -2.13. The summed E-state index contributed by atoms with van der Waals surface area (Å²) in [5, 5.41) is 32.2. The summed E-state index contributed by atoms with van der Waals surface area (Å²) in [6, 6.07) is -1.90. The summed E-state index contributed by atoms with van der Waals surface area (Å²) in [7, 11) is 0. The first kappa shape index (κ1) is 13.3. The lowest BCUT2D eigenvalue weighted by atomic mass is 9.93. The Balaban J connectivity index is 3.58. The molecule has 0 saturated heterocycles. The first-order valence-electron chi connectivity index (χ1n) is 4.32. The maximum absolute atomic E-state index is 10.8. The zero-order valence-corrected chi connectivity index (χ0v) is 8.68. The summed E-state index contributed by atoms with van der Waals surface area (Å²) in [4.78, 5) is 28.8. The standard InChI is InChI=1S/C6H8N6O6/c7-2-1-6(9,12(17)18)5(11(15)16)3(8)4(2)10(13)14/h1,4H,7-9H2. The van der Waals surface area contributed by atoms with Crippen molar-refractivity contribution in [3.05, 3.63) is 53.5 Å². The number of hydrogen-bond acceptors (Lipinski definition) is 9. The second kappa shape index (κ2) is 3.92. The molecule has 0 aliphatic heterocycles. The molecular formula is C6H8N6O6. The highest BCUT2D eigenvalue weighted by atomic mass is 16.7. The lowest BCUT2D eigenvalue weighted by Gasteiger charge is -2.22. The van der Waals surface area contributed by atoms with Crippen LogP contribution in [0.25, 0.3) is 0 Å². The summed E-state index contributed by atoms with van der Waals surface area (Å²) >= 11 is 0. The fraction of sp³-hybridized carbons (Fsp3) is 0.333. The fourth-order valence-electron chi connectivity index (χ4n) is 1.57. The Morgan fingerprint density at radius 2 is 1.67 bits per heavy atom. The van der Waals surface area contributed by atoms with Gasteiger partial charge in [-0.15, -0.1) is 0 Å². The maximum atomic E-state index is 10.8. The molecule has 18 heavy (non-hydrogen) atoms. The van der Waals surface area contributed by atoms with Crippen molar-refractivity contribution >= 4 is 0 Å². The van der Waals surface area contributed by atoms with Gasteiger partial charge in [0, 0.05) is 11.0 Å². The lowest BCUT2D eigenvalue weighted by Crippen LogP contribution is -2.56. The molecule has 0 spiro atoms. The zero-order chi connectivity index (χ0) is 14.2. The smallest absolute Gasteiger partial charge is 0.385 e. The average Bonchev–Trinajstić information content (AvgIpc) is 2.14. The molecule has 0 aromatic carbocycles. The molecule has 0 fully saturated rings. The molecule has 6 N–H and O–H groups in total. The van der Waals surface area contributed by atoms with E-state index in [2.05, 4.69) is 0 Å². The molecular weight excluding hydrogens is 252 g/mol. The topological polar surface area (TPSA) is 207 Å². The molecule has 0 radical (unpaired) electrons. The summed E-state index contributed by atoms with van der Waals surface area (Å²) < 4.78 is 0. The van der Waals surface area contributed by atoms with E-state index < -0.39 is 43.6 Å². The zero-order valence-electron chi connectivity index (χ0n) is 8.68. The molecule has 0 aromatic heterocycles. The Hall–Kier alpha value is -2.76. The monoisotopic (exact) mass is 260 g/mol. The van der Waals surface area contributed by atoms with Crippen molar-refractivity contribution in [1.82, 2.24) is 0 Å². The highest BCUT2D eigenvalue weighted by Gasteiger charge is 2.58. The minimum Gasteiger partial charge on any atom is -0.396 e. The van der Waals surface area contributed by atoms with Crippen LogP contribution >= 0.6 is 0 Å². The van der Waals surface area contributed by atoms with Crippen LogP contribution in [0.15, 0.2) is 23.2 Å². The second-order valence-electron chi connectivity index (χ2n) is 3.48. The van der Waals surface area contributed by atoms with Crippen LogP contribution in [-0.4, -0.2) is 26.5 Å². The van der Waals surface area contributed by atoms with Crippen molar-refractivity contribution < 1.29 is 14.8 Å². The fourth-order valence-corrected chi connectivity index (χ4v) is 1.57. The molecule has 0 heterocycles. The quantitative estimate of drug-likeness (QED) is 0.287. The van der Waals surface area contributed by atoms with Gasteiger partial charge >= 0.3 is 11.4 Å². The Kier molecular flexibility index (Phi) is 2.90. The minimum atomic E-state index is -2.79. The van der Waals surface area contributed by atoms with E-state index in [0.717, 1.165) is 0 Å². The Morgan fingerprint density at radius 1 is 1.17 bits per heavy atom. The average molecular weight is 260 g/mol. The molecule has 2 atom stereocenters. The largest absolute Gasteiger partial charge is 0.396 e. The highest BCUT2D eigenvalue weighted by molar-refractivity contribution is 5.36. The molecule has 1 aliphatic rings. The van der Waals surface area contributed by atoms with Crippen LogP contribution in [0.4, 0.5) is 0 Å². The second-order valence-corrected chi connectivity index (χ2v) is 3.48. The predicted molar refractivity (Wildman–Crippen MR) is 55.2 cm³/mol. The van der Waals surface area contributed by atoms with Crippen molar-refractivity contribution in [1.29, 1.82) is 0 Å². The molecule has 0 amide bonds. The molecule has 0 bridgehead atoms. The van der Waals surface area contributed by atoms with E-state index in [0.29, 0.717) is 6.08 Å². The van der Waals surface area contributed by atoms with Gasteiger partial charge in [-0.1, -0.05) is 0 Å². The van der Waals surface area contributed by atoms with Gasteiger partial charge in [0.15, 0.2) is 5.70 Å². The molecule has 98 valence electrons. The van der Waals surface area contributed by atoms with Crippen molar-refractivity contribution in [3.63, 3.8) is 0 Å². The van der Waals surface area contributed by atoms with E-state index in [4.69, 9.17) is 17.2 Å². The third-order valence-corrected chi connectivity index (χ3v) is 2.35. The maximum Gasteiger partial charge on any atom is 0.385 e. The number of rotatable bonds is 3. The summed E-state index contributed by atoms with van der Waals surface area (Å²) in [5.74, 6) is 0. The number of nitrogens with two attached hydrogens (primary N) is 3. The Morgan fingerprint density at radius 3 is 2.00 bits per heavy atom. The molecule has 2 unspecified atom stereocenters. The van der Waals surface area contributed by atoms with Gasteiger partial charge < -0.3 is 11.5 Å². The first-order chi connectivity index (χ1) is 8.12. The van der Waals surface area contributed by atoms with Gasteiger partial charge in [-0.3, -0.25) is 36.1 Å². The molecule has 12 nitrogen and oxygen atoms in total. The van der Waals surface area contributed by atoms with Gasteiger partial charge in [-0.2, -0.15) is 0 Å². The van der Waals surface area contributed by atoms with Crippen LogP contribution in [-0.2, 0) is 0 Å². The van der Waals surface area contributed by atoms with Crippen LogP contribution < -0.4 is 17.2 Å². The van der Waals surface area contributed by atoms with Crippen molar-refractivity contribution in [2.75, 3.05) is 0 Å². The first-order valence-corrected chi connectivity index (χ1v) is 4.32. The minimum absolute atomic E-state index is 0.453. The molecule has 1 aliphatic carbocycles. The van der Waals surface area contributed by atoms with E-state index in [1.165, 1.54) is 0 Å². The van der Waals surface area contributed by atoms with Crippen LogP contribution in [0.5, 0.6) is 0 Å². The van der Waals surface area contributed by atoms with E-state index in [9.17, 15) is 30.3 Å². The summed E-state index contributed by atoms with van der Waals surface area (Å²) in [6.07, 6.45) is 0.453. The van der Waals surface area contributed by atoms with Crippen LogP contribution in [0.3, 0.4) is 0 Å². The van der Waals surface area contributed by atoms with Crippen molar-refractivity contribution in [2.24, 2.45) is 17.2 Å². The third kappa shape index (κ3) is 1.69. The van der Waals surface area contributed by atoms with Crippen LogP contribution in [0.2, 0.25) is 0 Å². The number of nitro groups is 3. The normalized spacial score (nSPS) is 27.6. The van der Waals surface area contributed by atoms with Crippen LogP contribution in [0, 0.1) is 30.3 Å². The van der Waals surface area contributed by atoms with E-state index in [-0.39, 0.29) is 0 Å². The van der Waals surface area contributed by atoms with E-state index in [1.54, 1.807) is 0 Å². The molecule has 12 heteroatoms. The number of nitrogens with zero attached hydrogens (tertiary/aromatic N) is 3. The van der Waals surface area contributed by atoms with Crippen molar-refractivity contribution in [3.8, 4) is 0 Å². The molecule has 1 rings (SSSR count). The third-order valence-electron chi connectivity index (χ3n) is 2.35. The molecule has 0 saturated carbocycles. The highest BCUT2D eigenvalue weighted by Crippen LogP contribution is 2.29. The van der Waals surface area contributed by atoms with Gasteiger partial charge in [0.05, 0.1) is 15.5 Å². The number of hydrogen-bond donors (Lipinski definition) is 3. The van der Waals surface area contributed by atoms with Gasteiger partial charge in [0.1, 0.15) is 0 Å². The lowest BCUT2D eigenvalue weighted by molar-refractivity contribution is -0.587. The Labute approximate surface area is 98.2 Å². The summed E-state index contributed by atoms with van der Waals surface area (Å²) in [5.41, 5.74) is 10.1. The van der Waals surface area contributed by atoms with Gasteiger partial charge in [-0.05, 0) is 0 Å². The van der Waals surface area contributed by atoms with Gasteiger partial charge in [0.25, 0.3) is 6.04 Å². The molecule has 0 aromatic rings. The summed E-state index contributed by atoms with van der Waals surface area (Å²) in [6.45, 7) is 0. The van der Waals surface area contributed by atoms with E-state index >= 15 is 0 Å². The van der Waals surface area contributed by atoms with Crippen LogP contribution in [0.1, 0.15) is 0 Å². The van der Waals surface area contributed by atoms with Gasteiger partial charge in [0.2, 0.25) is 0 Å². The van der Waals surface area contributed by atoms with Gasteiger partial charge in [-0.25, -0.2) is 0 Å². The Bertz CT molecular complexity index is 511. The van der Waals surface area contributed by atoms with E-state index in [1.807, 2.05) is 0 Å².